The van der Waals surface area contributed by atoms with Crippen LogP contribution in [0.25, 0.3) is 0 Å². The molecule has 0 spiro atoms. The van der Waals surface area contributed by atoms with E-state index >= 15 is 0 Å². The third kappa shape index (κ3) is 1.49. The van der Waals surface area contributed by atoms with Gasteiger partial charge in [0.2, 0.25) is 5.91 Å². The molecule has 0 radical (unpaired) electrons. The first kappa shape index (κ1) is 10.8. The van der Waals surface area contributed by atoms with E-state index < -0.39 is 5.41 Å². The predicted molar refractivity (Wildman–Crippen MR) is 65.9 cm³/mol. The van der Waals surface area contributed by atoms with E-state index in [0.717, 1.165) is 37.9 Å². The lowest BCUT2D eigenvalue weighted by molar-refractivity contribution is -0.136. The second kappa shape index (κ2) is 3.84. The average Bonchev–Trinajstić information content (AvgIpc) is 2.71. The number of hydrogen-bond acceptors (Lipinski definition) is 2. The van der Waals surface area contributed by atoms with Crippen LogP contribution in [0, 0.1) is 5.41 Å². The molecule has 1 aliphatic heterocycles. The summed E-state index contributed by atoms with van der Waals surface area (Å²) in [6, 6.07) is 8.06. The summed E-state index contributed by atoms with van der Waals surface area (Å²) in [4.78, 5) is 14.4. The van der Waals surface area contributed by atoms with Gasteiger partial charge in [0.05, 0.1) is 12.0 Å². The topological polar surface area (TPSA) is 40.5 Å². The van der Waals surface area contributed by atoms with E-state index in [1.165, 1.54) is 5.56 Å². The molecule has 1 N–H and O–H groups in total. The number of rotatable bonds is 2. The first-order chi connectivity index (χ1) is 8.27. The van der Waals surface area contributed by atoms with Crippen LogP contribution in [0.1, 0.15) is 24.8 Å². The van der Waals surface area contributed by atoms with Crippen molar-refractivity contribution in [2.75, 3.05) is 18.1 Å². The number of hydrogen-bond donors (Lipinski definition) is 1. The summed E-state index contributed by atoms with van der Waals surface area (Å²) in [5, 5.41) is 9.47. The summed E-state index contributed by atoms with van der Waals surface area (Å²) in [7, 11) is 0. The number of benzene rings is 1. The molecule has 0 saturated heterocycles. The summed E-state index contributed by atoms with van der Waals surface area (Å²) in [6.45, 7) is 0.754. The Morgan fingerprint density at radius 3 is 2.76 bits per heavy atom. The van der Waals surface area contributed by atoms with Gasteiger partial charge in [-0.15, -0.1) is 0 Å². The van der Waals surface area contributed by atoms with Crippen molar-refractivity contribution in [3.63, 3.8) is 0 Å². The van der Waals surface area contributed by atoms with Gasteiger partial charge in [-0.25, -0.2) is 0 Å². The Balaban J connectivity index is 1.89. The van der Waals surface area contributed by atoms with Crippen LogP contribution in [0.15, 0.2) is 24.3 Å². The lowest BCUT2D eigenvalue weighted by Crippen LogP contribution is -2.49. The summed E-state index contributed by atoms with van der Waals surface area (Å²) >= 11 is 0. The molecule has 3 heteroatoms. The van der Waals surface area contributed by atoms with Gasteiger partial charge in [-0.05, 0) is 30.9 Å². The summed E-state index contributed by atoms with van der Waals surface area (Å²) in [5.41, 5.74) is 1.81. The molecule has 0 atom stereocenters. The van der Waals surface area contributed by atoms with Crippen molar-refractivity contribution in [2.45, 2.75) is 25.7 Å². The maximum absolute atomic E-state index is 12.5. The molecule has 0 bridgehead atoms. The SMILES string of the molecule is O=C(N1CCc2ccccc21)C1(CO)CCC1. The van der Waals surface area contributed by atoms with Crippen LogP contribution < -0.4 is 4.90 Å². The monoisotopic (exact) mass is 231 g/mol. The zero-order chi connectivity index (χ0) is 11.9. The maximum Gasteiger partial charge on any atom is 0.235 e. The van der Waals surface area contributed by atoms with E-state index in [9.17, 15) is 9.90 Å². The van der Waals surface area contributed by atoms with E-state index in [-0.39, 0.29) is 12.5 Å². The quantitative estimate of drug-likeness (QED) is 0.842. The molecule has 1 heterocycles. The van der Waals surface area contributed by atoms with Crippen LogP contribution in [0.5, 0.6) is 0 Å². The number of aliphatic hydroxyl groups excluding tert-OH is 1. The molecule has 3 rings (SSSR count). The largest absolute Gasteiger partial charge is 0.395 e. The van der Waals surface area contributed by atoms with Gasteiger partial charge in [0.1, 0.15) is 0 Å². The number of aliphatic hydroxyl groups is 1. The Morgan fingerprint density at radius 1 is 1.35 bits per heavy atom. The van der Waals surface area contributed by atoms with E-state index in [0.29, 0.717) is 0 Å². The molecule has 17 heavy (non-hydrogen) atoms. The lowest BCUT2D eigenvalue weighted by atomic mass is 9.68. The molecule has 1 fully saturated rings. The highest BCUT2D eigenvalue weighted by atomic mass is 16.3. The van der Waals surface area contributed by atoms with Crippen LogP contribution in [-0.2, 0) is 11.2 Å². The maximum atomic E-state index is 12.5. The minimum absolute atomic E-state index is 0.00942. The summed E-state index contributed by atoms with van der Waals surface area (Å²) in [6.07, 6.45) is 3.66. The molecule has 3 nitrogen and oxygen atoms in total. The number of carbonyl (C=O) groups is 1. The van der Waals surface area contributed by atoms with Gasteiger partial charge in [-0.3, -0.25) is 4.79 Å². The van der Waals surface area contributed by atoms with Gasteiger partial charge >= 0.3 is 0 Å². The molecule has 1 aromatic carbocycles. The van der Waals surface area contributed by atoms with Crippen molar-refractivity contribution in [2.24, 2.45) is 5.41 Å². The average molecular weight is 231 g/mol. The van der Waals surface area contributed by atoms with Gasteiger partial charge in [0.15, 0.2) is 0 Å². The molecule has 0 aromatic heterocycles. The van der Waals surface area contributed by atoms with Crippen LogP contribution in [-0.4, -0.2) is 24.2 Å². The Bertz CT molecular complexity index is 446. The van der Waals surface area contributed by atoms with Crippen molar-refractivity contribution in [1.82, 2.24) is 0 Å². The number of nitrogens with zero attached hydrogens (tertiary/aromatic N) is 1. The van der Waals surface area contributed by atoms with E-state index in [1.54, 1.807) is 0 Å². The Kier molecular flexibility index (Phi) is 2.44. The number of amides is 1. The van der Waals surface area contributed by atoms with Crippen molar-refractivity contribution in [3.8, 4) is 0 Å². The summed E-state index contributed by atoms with van der Waals surface area (Å²) in [5.74, 6) is 0.121. The zero-order valence-electron chi connectivity index (χ0n) is 9.85. The van der Waals surface area contributed by atoms with Crippen molar-refractivity contribution < 1.29 is 9.90 Å². The van der Waals surface area contributed by atoms with Gasteiger partial charge in [0, 0.05) is 12.2 Å². The number of para-hydroxylation sites is 1. The highest BCUT2D eigenvalue weighted by molar-refractivity contribution is 5.99. The predicted octanol–water partition coefficient (Wildman–Crippen LogP) is 1.74. The third-order valence-corrected chi connectivity index (χ3v) is 4.20. The normalized spacial score (nSPS) is 20.9. The van der Waals surface area contributed by atoms with Crippen LogP contribution in [0.2, 0.25) is 0 Å². The molecule has 90 valence electrons. The van der Waals surface area contributed by atoms with Crippen molar-refractivity contribution in [1.29, 1.82) is 0 Å². The smallest absolute Gasteiger partial charge is 0.235 e. The van der Waals surface area contributed by atoms with Crippen LogP contribution >= 0.6 is 0 Å². The molecule has 1 aliphatic carbocycles. The molecule has 1 amide bonds. The van der Waals surface area contributed by atoms with E-state index in [2.05, 4.69) is 6.07 Å². The zero-order valence-corrected chi connectivity index (χ0v) is 9.85. The molecule has 1 saturated carbocycles. The van der Waals surface area contributed by atoms with E-state index in [4.69, 9.17) is 0 Å². The van der Waals surface area contributed by atoms with Gasteiger partial charge in [-0.2, -0.15) is 0 Å². The minimum Gasteiger partial charge on any atom is -0.395 e. The fraction of sp³-hybridized carbons (Fsp3) is 0.500. The van der Waals surface area contributed by atoms with Gasteiger partial charge < -0.3 is 10.0 Å². The second-order valence-electron chi connectivity index (χ2n) is 5.13. The van der Waals surface area contributed by atoms with E-state index in [1.807, 2.05) is 23.1 Å². The number of anilines is 1. The molecular formula is C14H17NO2. The Labute approximate surface area is 101 Å². The second-order valence-corrected chi connectivity index (χ2v) is 5.13. The lowest BCUT2D eigenvalue weighted by Gasteiger charge is -2.41. The Hall–Kier alpha value is -1.35. The van der Waals surface area contributed by atoms with Gasteiger partial charge in [0.25, 0.3) is 0 Å². The third-order valence-electron chi connectivity index (χ3n) is 4.20. The first-order valence-corrected chi connectivity index (χ1v) is 6.28. The standard InChI is InChI=1S/C14H17NO2/c16-10-14(7-3-8-14)13(17)15-9-6-11-4-1-2-5-12(11)15/h1-2,4-5,16H,3,6-10H2. The van der Waals surface area contributed by atoms with Crippen LogP contribution in [0.4, 0.5) is 5.69 Å². The fourth-order valence-electron chi connectivity index (χ4n) is 2.88. The molecule has 0 unspecified atom stereocenters. The molecular weight excluding hydrogens is 214 g/mol. The summed E-state index contributed by atoms with van der Waals surface area (Å²) < 4.78 is 0. The van der Waals surface area contributed by atoms with Crippen molar-refractivity contribution >= 4 is 11.6 Å². The Morgan fingerprint density at radius 2 is 2.12 bits per heavy atom. The van der Waals surface area contributed by atoms with Gasteiger partial charge in [-0.1, -0.05) is 24.6 Å². The van der Waals surface area contributed by atoms with Crippen molar-refractivity contribution in [3.05, 3.63) is 29.8 Å². The molecule has 1 aromatic rings. The highest BCUT2D eigenvalue weighted by Gasteiger charge is 2.47. The number of carbonyl (C=O) groups excluding carboxylic acids is 1. The minimum atomic E-state index is -0.475. The van der Waals surface area contributed by atoms with Crippen LogP contribution in [0.3, 0.4) is 0 Å². The highest BCUT2D eigenvalue weighted by Crippen LogP contribution is 2.44. The fourth-order valence-corrected chi connectivity index (χ4v) is 2.88. The molecule has 2 aliphatic rings. The number of fused-ring (bicyclic) bond motifs is 1. The first-order valence-electron chi connectivity index (χ1n) is 6.28.